The first kappa shape index (κ1) is 34.7. The smallest absolute Gasteiger partial charge is 0.231 e. The van der Waals surface area contributed by atoms with Crippen LogP contribution < -0.4 is 0 Å². The maximum atomic E-state index is 11.8. The Bertz CT molecular complexity index is 3210. The van der Waals surface area contributed by atoms with Gasteiger partial charge in [-0.2, -0.15) is 0 Å². The molecule has 3 aromatic heterocycles. The summed E-state index contributed by atoms with van der Waals surface area (Å²) in [5.41, 5.74) is 10.8. The van der Waals surface area contributed by atoms with Crippen LogP contribution >= 0.6 is 0 Å². The molecule has 1 N–H and O–H groups in total. The van der Waals surface area contributed by atoms with Crippen LogP contribution in [0.4, 0.5) is 0 Å². The number of pyridine rings is 1. The summed E-state index contributed by atoms with van der Waals surface area (Å²) in [6, 6.07) is 46.4. The van der Waals surface area contributed by atoms with Crippen LogP contribution in [0.5, 0.6) is 5.75 Å². The van der Waals surface area contributed by atoms with Gasteiger partial charge in [0.15, 0.2) is 5.58 Å². The summed E-state index contributed by atoms with van der Waals surface area (Å²) in [6.45, 7) is 12.9. The maximum absolute atomic E-state index is 11.8. The first-order chi connectivity index (χ1) is 27.4. The van der Waals surface area contributed by atoms with Crippen molar-refractivity contribution in [1.29, 1.82) is 0 Å². The predicted octanol–water partition coefficient (Wildman–Crippen LogP) is 14.4. The molecule has 0 bridgehead atoms. The standard InChI is InChI=1S/C52H42N2O3/c1-51(2,3)35-27-42(48(55)43(28-35)52(4,5)6)50-54-47-37(17-12-18-45(47)57-50)34-24-40-39-23-33-20-19-31-15-10-11-16-36(31)38(33)29-46(39)56-49(40)41(25-34)44-26-32(21-22-53-44)30-13-8-7-9-14-30/h7-29,55H,1-6H3. The van der Waals surface area contributed by atoms with E-state index in [2.05, 4.69) is 145 Å². The quantitative estimate of drug-likeness (QED) is 0.182. The largest absolute Gasteiger partial charge is 0.507 e. The molecule has 3 heterocycles. The molecule has 5 nitrogen and oxygen atoms in total. The molecule has 0 amide bonds. The maximum Gasteiger partial charge on any atom is 0.231 e. The van der Waals surface area contributed by atoms with Gasteiger partial charge in [0, 0.05) is 33.7 Å². The topological polar surface area (TPSA) is 72.3 Å². The molecule has 278 valence electrons. The van der Waals surface area contributed by atoms with E-state index in [-0.39, 0.29) is 16.6 Å². The Morgan fingerprint density at radius 1 is 0.509 bits per heavy atom. The zero-order chi connectivity index (χ0) is 39.2. The highest BCUT2D eigenvalue weighted by atomic mass is 16.4. The van der Waals surface area contributed by atoms with Gasteiger partial charge < -0.3 is 13.9 Å². The fraction of sp³-hybridized carbons (Fsp3) is 0.154. The highest BCUT2D eigenvalue weighted by molar-refractivity contribution is 6.18. The molecule has 0 saturated heterocycles. The lowest BCUT2D eigenvalue weighted by atomic mass is 9.79. The molecule has 0 atom stereocenters. The van der Waals surface area contributed by atoms with E-state index in [0.29, 0.717) is 22.6 Å². The fourth-order valence-corrected chi connectivity index (χ4v) is 8.21. The number of oxazole rings is 1. The van der Waals surface area contributed by atoms with Crippen molar-refractivity contribution in [2.45, 2.75) is 52.4 Å². The Labute approximate surface area is 331 Å². The molecule has 0 aliphatic rings. The summed E-state index contributed by atoms with van der Waals surface area (Å²) in [7, 11) is 0. The minimum atomic E-state index is -0.291. The lowest BCUT2D eigenvalue weighted by Gasteiger charge is -2.27. The number of benzene rings is 7. The third kappa shape index (κ3) is 5.85. The van der Waals surface area contributed by atoms with Crippen LogP contribution in [-0.2, 0) is 10.8 Å². The van der Waals surface area contributed by atoms with E-state index in [9.17, 15) is 5.11 Å². The van der Waals surface area contributed by atoms with Gasteiger partial charge in [0.25, 0.3) is 0 Å². The Morgan fingerprint density at radius 2 is 1.30 bits per heavy atom. The van der Waals surface area contributed by atoms with Crippen molar-refractivity contribution in [3.63, 3.8) is 0 Å². The highest BCUT2D eigenvalue weighted by Gasteiger charge is 2.28. The second-order valence-corrected chi connectivity index (χ2v) is 17.2. The highest BCUT2D eigenvalue weighted by Crippen LogP contribution is 2.45. The van der Waals surface area contributed by atoms with Crippen LogP contribution in [0.3, 0.4) is 0 Å². The molecule has 0 fully saturated rings. The molecule has 0 radical (unpaired) electrons. The molecule has 10 rings (SSSR count). The Hall–Kier alpha value is -6.72. The van der Waals surface area contributed by atoms with Crippen LogP contribution in [0, 0.1) is 0 Å². The molecule has 7 aromatic carbocycles. The lowest BCUT2D eigenvalue weighted by molar-refractivity contribution is 0.444. The number of furan rings is 1. The van der Waals surface area contributed by atoms with Gasteiger partial charge in [-0.1, -0.05) is 126 Å². The van der Waals surface area contributed by atoms with E-state index in [4.69, 9.17) is 18.8 Å². The molecule has 10 aromatic rings. The van der Waals surface area contributed by atoms with Crippen LogP contribution in [-0.4, -0.2) is 15.1 Å². The van der Waals surface area contributed by atoms with Crippen LogP contribution in [0.2, 0.25) is 0 Å². The van der Waals surface area contributed by atoms with Crippen molar-refractivity contribution in [1.82, 2.24) is 9.97 Å². The summed E-state index contributed by atoms with van der Waals surface area (Å²) in [5.74, 6) is 0.582. The number of aromatic nitrogens is 2. The van der Waals surface area contributed by atoms with E-state index in [1.54, 1.807) is 0 Å². The van der Waals surface area contributed by atoms with Crippen molar-refractivity contribution in [3.8, 4) is 50.7 Å². The van der Waals surface area contributed by atoms with Gasteiger partial charge in [-0.25, -0.2) is 4.98 Å². The third-order valence-electron chi connectivity index (χ3n) is 11.3. The summed E-state index contributed by atoms with van der Waals surface area (Å²) in [5, 5.41) is 18.5. The number of phenolic OH excluding ortho intramolecular Hbond substituents is 1. The first-order valence-electron chi connectivity index (χ1n) is 19.5. The van der Waals surface area contributed by atoms with Crippen molar-refractivity contribution in [2.24, 2.45) is 0 Å². The average Bonchev–Trinajstić information content (AvgIpc) is 3.81. The van der Waals surface area contributed by atoms with Crippen LogP contribution in [0.1, 0.15) is 52.7 Å². The minimum absolute atomic E-state index is 0.150. The summed E-state index contributed by atoms with van der Waals surface area (Å²) >= 11 is 0. The zero-order valence-electron chi connectivity index (χ0n) is 32.9. The summed E-state index contributed by atoms with van der Waals surface area (Å²) in [4.78, 5) is 10.1. The number of hydrogen-bond acceptors (Lipinski definition) is 5. The van der Waals surface area contributed by atoms with E-state index < -0.39 is 0 Å². The second-order valence-electron chi connectivity index (χ2n) is 17.2. The number of fused-ring (bicyclic) bond motifs is 7. The average molecular weight is 743 g/mol. The molecule has 0 unspecified atom stereocenters. The Kier molecular flexibility index (Phi) is 7.71. The lowest BCUT2D eigenvalue weighted by Crippen LogP contribution is -2.17. The van der Waals surface area contributed by atoms with Gasteiger partial charge in [-0.05, 0) is 103 Å². The molecular formula is C52H42N2O3. The fourth-order valence-electron chi connectivity index (χ4n) is 8.21. The molecule has 5 heteroatoms. The Morgan fingerprint density at radius 3 is 2.11 bits per heavy atom. The predicted molar refractivity (Wildman–Crippen MR) is 235 cm³/mol. The molecular weight excluding hydrogens is 701 g/mol. The van der Waals surface area contributed by atoms with E-state index in [0.717, 1.165) is 77.3 Å². The van der Waals surface area contributed by atoms with Gasteiger partial charge >= 0.3 is 0 Å². The van der Waals surface area contributed by atoms with Crippen LogP contribution in [0.25, 0.3) is 99.5 Å². The number of aromatic hydroxyl groups is 1. The molecule has 0 spiro atoms. The number of phenols is 1. The van der Waals surface area contributed by atoms with Gasteiger partial charge in [-0.15, -0.1) is 0 Å². The molecule has 57 heavy (non-hydrogen) atoms. The van der Waals surface area contributed by atoms with Gasteiger partial charge in [0.1, 0.15) is 22.4 Å². The van der Waals surface area contributed by atoms with Crippen molar-refractivity contribution < 1.29 is 13.9 Å². The third-order valence-corrected chi connectivity index (χ3v) is 11.3. The van der Waals surface area contributed by atoms with Crippen molar-refractivity contribution in [3.05, 3.63) is 151 Å². The number of para-hydroxylation sites is 1. The van der Waals surface area contributed by atoms with Gasteiger partial charge in [0.05, 0.1) is 11.3 Å². The Balaban J connectivity index is 1.23. The first-order valence-corrected chi connectivity index (χ1v) is 19.5. The SMILES string of the molecule is CC(C)(C)c1cc(-c2nc3c(-c4cc(-c5cc(-c6ccccc6)ccn5)c5oc6cc7c(ccc8ccccc87)cc6c5c4)cccc3o2)c(O)c(C(C)(C)C)c1. The number of rotatable bonds is 4. The van der Waals surface area contributed by atoms with Crippen molar-refractivity contribution >= 4 is 54.6 Å². The van der Waals surface area contributed by atoms with Gasteiger partial charge in [0.2, 0.25) is 5.89 Å². The zero-order valence-corrected chi connectivity index (χ0v) is 32.9. The van der Waals surface area contributed by atoms with Crippen LogP contribution in [0.15, 0.2) is 148 Å². The van der Waals surface area contributed by atoms with E-state index >= 15 is 0 Å². The van der Waals surface area contributed by atoms with Gasteiger partial charge in [-0.3, -0.25) is 4.98 Å². The monoisotopic (exact) mass is 742 g/mol. The normalized spacial score (nSPS) is 12.5. The van der Waals surface area contributed by atoms with Crippen molar-refractivity contribution in [2.75, 3.05) is 0 Å². The second kappa shape index (κ2) is 12.7. The molecule has 0 aliphatic carbocycles. The number of nitrogens with zero attached hydrogens (tertiary/aromatic N) is 2. The molecule has 0 saturated carbocycles. The minimum Gasteiger partial charge on any atom is -0.507 e. The summed E-state index contributed by atoms with van der Waals surface area (Å²) in [6.07, 6.45) is 1.87. The van der Waals surface area contributed by atoms with E-state index in [1.165, 1.54) is 10.8 Å². The van der Waals surface area contributed by atoms with E-state index in [1.807, 2.05) is 36.5 Å². The molecule has 0 aliphatic heterocycles. The number of hydrogen-bond donors (Lipinski definition) is 1. The summed E-state index contributed by atoms with van der Waals surface area (Å²) < 4.78 is 13.4.